The van der Waals surface area contributed by atoms with Crippen molar-refractivity contribution in [2.75, 3.05) is 0 Å². The van der Waals surface area contributed by atoms with E-state index in [4.69, 9.17) is 0 Å². The average molecular weight is 324 g/mol. The first kappa shape index (κ1) is 15.0. The Hall–Kier alpha value is -2.90. The van der Waals surface area contributed by atoms with Gasteiger partial charge in [-0.25, -0.2) is 4.79 Å². The highest BCUT2D eigenvalue weighted by atomic mass is 19.4. The number of nitrogens with zero attached hydrogens (tertiary/aromatic N) is 1. The van der Waals surface area contributed by atoms with Crippen molar-refractivity contribution in [2.45, 2.75) is 12.5 Å². The van der Waals surface area contributed by atoms with Crippen LogP contribution in [0.4, 0.5) is 13.2 Å². The lowest BCUT2D eigenvalue weighted by atomic mass is 10.1. The van der Waals surface area contributed by atoms with E-state index in [1.807, 2.05) is 0 Å². The molecule has 120 valence electrons. The number of carboxylic acid groups (broad SMARTS) is 1. The van der Waals surface area contributed by atoms with Crippen molar-refractivity contribution in [1.29, 1.82) is 0 Å². The van der Waals surface area contributed by atoms with Crippen LogP contribution in [0.5, 0.6) is 5.75 Å². The zero-order valence-corrected chi connectivity index (χ0v) is 11.5. The van der Waals surface area contributed by atoms with Crippen LogP contribution in [0.2, 0.25) is 0 Å². The number of carboxylic acids is 1. The molecule has 0 aromatic heterocycles. The molecular weight excluding hydrogens is 313 g/mol. The van der Waals surface area contributed by atoms with E-state index in [2.05, 4.69) is 10.1 Å². The van der Waals surface area contributed by atoms with Crippen LogP contribution in [0.3, 0.4) is 0 Å². The Kier molecular flexibility index (Phi) is 3.51. The smallest absolute Gasteiger partial charge is 0.478 e. The zero-order valence-electron chi connectivity index (χ0n) is 11.5. The minimum atomic E-state index is -4.77. The van der Waals surface area contributed by atoms with E-state index in [0.717, 1.165) is 0 Å². The number of halogens is 3. The summed E-state index contributed by atoms with van der Waals surface area (Å²) in [5, 5.41) is 12.2. The third-order valence-corrected chi connectivity index (χ3v) is 3.32. The molecule has 23 heavy (non-hydrogen) atoms. The van der Waals surface area contributed by atoms with Gasteiger partial charge in [-0.05, 0) is 24.3 Å². The van der Waals surface area contributed by atoms with Gasteiger partial charge in [0.05, 0.1) is 11.3 Å². The average Bonchev–Trinajstić information content (AvgIpc) is 2.89. The van der Waals surface area contributed by atoms with Gasteiger partial charge in [-0.2, -0.15) is 0 Å². The van der Waals surface area contributed by atoms with Gasteiger partial charge in [-0.3, -0.25) is 0 Å². The zero-order chi connectivity index (χ0) is 16.6. The van der Waals surface area contributed by atoms with Gasteiger partial charge in [-0.1, -0.05) is 12.1 Å². The Labute approximate surface area is 129 Å². The van der Waals surface area contributed by atoms with Crippen LogP contribution in [0.25, 0.3) is 5.70 Å². The second-order valence-electron chi connectivity index (χ2n) is 4.88. The maximum atomic E-state index is 12.3. The summed E-state index contributed by atoms with van der Waals surface area (Å²) in [4.78, 5) is 12.8. The fourth-order valence-corrected chi connectivity index (χ4v) is 2.39. The van der Waals surface area contributed by atoms with Gasteiger partial charge in [0.2, 0.25) is 0 Å². The molecule has 2 heterocycles. The molecule has 2 aliphatic heterocycles. The van der Waals surface area contributed by atoms with Gasteiger partial charge in [0.25, 0.3) is 0 Å². The highest BCUT2D eigenvalue weighted by molar-refractivity contribution is 5.89. The van der Waals surface area contributed by atoms with E-state index in [1.54, 1.807) is 29.4 Å². The highest BCUT2D eigenvalue weighted by Gasteiger charge is 2.33. The summed E-state index contributed by atoms with van der Waals surface area (Å²) in [6.07, 6.45) is 0.993. The summed E-state index contributed by atoms with van der Waals surface area (Å²) in [6, 6.07) is 5.47. The van der Waals surface area contributed by atoms with E-state index in [-0.39, 0.29) is 11.3 Å². The van der Waals surface area contributed by atoms with Crippen molar-refractivity contribution < 1.29 is 27.8 Å². The fourth-order valence-electron chi connectivity index (χ4n) is 2.39. The standard InChI is InChI=1S/C15H11F3N2O3/c16-15(17,18)23-10-4-1-3-9(7-10)12-8-20-6-2-5-11(14(21)22)13(20)19-12/h1-8,13,19H,(H,21,22). The topological polar surface area (TPSA) is 61.8 Å². The lowest BCUT2D eigenvalue weighted by Crippen LogP contribution is -2.38. The summed E-state index contributed by atoms with van der Waals surface area (Å²) in [5.41, 5.74) is 1.10. The summed E-state index contributed by atoms with van der Waals surface area (Å²) in [7, 11) is 0. The lowest BCUT2D eigenvalue weighted by Gasteiger charge is -2.25. The molecule has 0 amide bonds. The van der Waals surface area contributed by atoms with Gasteiger partial charge < -0.3 is 20.1 Å². The van der Waals surface area contributed by atoms with Crippen molar-refractivity contribution in [1.82, 2.24) is 10.2 Å². The van der Waals surface area contributed by atoms with Crippen LogP contribution < -0.4 is 10.1 Å². The largest absolute Gasteiger partial charge is 0.573 e. The Balaban J connectivity index is 1.85. The predicted molar refractivity (Wildman–Crippen MR) is 74.7 cm³/mol. The summed E-state index contributed by atoms with van der Waals surface area (Å²) >= 11 is 0. The molecule has 0 fully saturated rings. The summed E-state index contributed by atoms with van der Waals surface area (Å²) in [6.45, 7) is 0. The van der Waals surface area contributed by atoms with Crippen molar-refractivity contribution in [3.63, 3.8) is 0 Å². The third-order valence-electron chi connectivity index (χ3n) is 3.32. The number of allylic oxidation sites excluding steroid dienone is 2. The second kappa shape index (κ2) is 5.38. The molecule has 1 aromatic rings. The van der Waals surface area contributed by atoms with Gasteiger partial charge in [0.1, 0.15) is 11.9 Å². The quantitative estimate of drug-likeness (QED) is 0.895. The molecule has 3 rings (SSSR count). The molecule has 1 atom stereocenters. The van der Waals surface area contributed by atoms with E-state index < -0.39 is 18.5 Å². The molecule has 2 N–H and O–H groups in total. The molecule has 0 spiro atoms. The Bertz CT molecular complexity index is 738. The molecule has 5 nitrogen and oxygen atoms in total. The molecule has 1 aromatic carbocycles. The molecule has 2 aliphatic rings. The number of fused-ring (bicyclic) bond motifs is 1. The van der Waals surface area contributed by atoms with Crippen molar-refractivity contribution in [2.24, 2.45) is 0 Å². The Morgan fingerprint density at radius 1 is 1.35 bits per heavy atom. The first-order valence-electron chi connectivity index (χ1n) is 6.57. The van der Waals surface area contributed by atoms with Crippen molar-refractivity contribution >= 4 is 11.7 Å². The van der Waals surface area contributed by atoms with Crippen molar-refractivity contribution in [3.8, 4) is 5.75 Å². The normalized spacial score (nSPS) is 19.6. The van der Waals surface area contributed by atoms with E-state index in [9.17, 15) is 23.1 Å². The number of benzene rings is 1. The van der Waals surface area contributed by atoms with Gasteiger partial charge in [0.15, 0.2) is 0 Å². The minimum absolute atomic E-state index is 0.140. The monoisotopic (exact) mass is 324 g/mol. The van der Waals surface area contributed by atoms with Gasteiger partial charge >= 0.3 is 12.3 Å². The number of carbonyl (C=O) groups is 1. The van der Waals surface area contributed by atoms with Crippen LogP contribution in [0, 0.1) is 0 Å². The number of rotatable bonds is 3. The van der Waals surface area contributed by atoms with Crippen LogP contribution in [-0.4, -0.2) is 28.5 Å². The predicted octanol–water partition coefficient (Wildman–Crippen LogP) is 2.65. The number of aliphatic carboxylic acids is 1. The third kappa shape index (κ3) is 3.15. The van der Waals surface area contributed by atoms with Crippen LogP contribution in [-0.2, 0) is 4.79 Å². The molecule has 0 saturated heterocycles. The molecule has 0 aliphatic carbocycles. The molecular formula is C15H11F3N2O3. The van der Waals surface area contributed by atoms with Gasteiger partial charge in [0, 0.05) is 18.0 Å². The number of nitrogens with one attached hydrogen (secondary N) is 1. The second-order valence-corrected chi connectivity index (χ2v) is 4.88. The van der Waals surface area contributed by atoms with Crippen LogP contribution in [0.15, 0.2) is 54.4 Å². The molecule has 1 unspecified atom stereocenters. The Morgan fingerprint density at radius 2 is 2.13 bits per heavy atom. The minimum Gasteiger partial charge on any atom is -0.478 e. The van der Waals surface area contributed by atoms with E-state index in [0.29, 0.717) is 11.3 Å². The SMILES string of the molecule is O=C(O)C1=CC=CN2C=C(c3cccc(OC(F)(F)F)c3)NC12. The van der Waals surface area contributed by atoms with E-state index in [1.165, 1.54) is 24.3 Å². The van der Waals surface area contributed by atoms with Gasteiger partial charge in [-0.15, -0.1) is 13.2 Å². The first-order valence-corrected chi connectivity index (χ1v) is 6.57. The Morgan fingerprint density at radius 3 is 2.83 bits per heavy atom. The lowest BCUT2D eigenvalue weighted by molar-refractivity contribution is -0.274. The number of ether oxygens (including phenoxy) is 1. The maximum absolute atomic E-state index is 12.3. The van der Waals surface area contributed by atoms with Crippen LogP contribution in [0.1, 0.15) is 5.56 Å². The molecule has 8 heteroatoms. The maximum Gasteiger partial charge on any atom is 0.573 e. The molecule has 0 bridgehead atoms. The summed E-state index contributed by atoms with van der Waals surface area (Å²) in [5.74, 6) is -1.41. The number of hydrogen-bond acceptors (Lipinski definition) is 4. The summed E-state index contributed by atoms with van der Waals surface area (Å²) < 4.78 is 40.8. The number of hydrogen-bond donors (Lipinski definition) is 2. The highest BCUT2D eigenvalue weighted by Crippen LogP contribution is 2.30. The fraction of sp³-hybridized carbons (Fsp3) is 0.133. The van der Waals surface area contributed by atoms with E-state index >= 15 is 0 Å². The molecule has 0 saturated carbocycles. The van der Waals surface area contributed by atoms with Crippen molar-refractivity contribution in [3.05, 3.63) is 60.0 Å². The molecule has 0 radical (unpaired) electrons. The number of alkyl halides is 3. The van der Waals surface area contributed by atoms with Crippen LogP contribution >= 0.6 is 0 Å². The first-order chi connectivity index (χ1) is 10.8.